The van der Waals surface area contributed by atoms with E-state index < -0.39 is 0 Å². The van der Waals surface area contributed by atoms with Gasteiger partial charge >= 0.3 is 0 Å². The van der Waals surface area contributed by atoms with Gasteiger partial charge in [0.25, 0.3) is 0 Å². The van der Waals surface area contributed by atoms with E-state index in [4.69, 9.17) is 0 Å². The van der Waals surface area contributed by atoms with Crippen molar-refractivity contribution in [3.63, 3.8) is 0 Å². The molecule has 0 saturated heterocycles. The Morgan fingerprint density at radius 3 is 2.12 bits per heavy atom. The van der Waals surface area contributed by atoms with Crippen LogP contribution in [-0.2, 0) is 16.6 Å². The smallest absolute Gasteiger partial charge is 0.220 e. The number of rotatable bonds is 5. The Balaban J connectivity index is 1.88. The number of hydrogen-bond donors (Lipinski definition) is 1. The summed E-state index contributed by atoms with van der Waals surface area (Å²) in [5.41, 5.74) is 5.06. The summed E-state index contributed by atoms with van der Waals surface area (Å²) in [7, 11) is 0. The maximum absolute atomic E-state index is 12.2. The fourth-order valence-electron chi connectivity index (χ4n) is 2.68. The lowest BCUT2D eigenvalue weighted by Gasteiger charge is -2.20. The normalized spacial score (nSPS) is 12.7. The second-order valence-electron chi connectivity index (χ2n) is 7.65. The van der Waals surface area contributed by atoms with Crippen LogP contribution in [0.25, 0.3) is 0 Å². The molecule has 0 bridgehead atoms. The van der Waals surface area contributed by atoms with Crippen LogP contribution in [0.15, 0.2) is 48.5 Å². The molecule has 0 heterocycles. The molecule has 128 valence electrons. The third-order valence-electron chi connectivity index (χ3n) is 4.42. The summed E-state index contributed by atoms with van der Waals surface area (Å²) in [5, 5.41) is 3.10. The summed E-state index contributed by atoms with van der Waals surface area (Å²) in [4.78, 5) is 12.2. The van der Waals surface area contributed by atoms with Crippen molar-refractivity contribution in [1.29, 1.82) is 0 Å². The molecule has 1 N–H and O–H groups in total. The van der Waals surface area contributed by atoms with Crippen molar-refractivity contribution in [2.24, 2.45) is 0 Å². The Morgan fingerprint density at radius 2 is 1.58 bits per heavy atom. The van der Waals surface area contributed by atoms with Crippen LogP contribution in [0.2, 0.25) is 0 Å². The standard InChI is InChI=1S/C22H29NO/c1-16-6-8-18(9-7-16)10-15-21(24)23-17(2)19-11-13-20(14-12-19)22(3,4)5/h6-9,11-14,17H,10,15H2,1-5H3,(H,23,24). The summed E-state index contributed by atoms with van der Waals surface area (Å²) in [5.74, 6) is 0.1000. The van der Waals surface area contributed by atoms with Gasteiger partial charge in [0.2, 0.25) is 5.91 Å². The molecular formula is C22H29NO. The zero-order valence-corrected chi connectivity index (χ0v) is 15.5. The molecule has 1 atom stereocenters. The topological polar surface area (TPSA) is 29.1 Å². The van der Waals surface area contributed by atoms with E-state index in [0.717, 1.165) is 12.0 Å². The summed E-state index contributed by atoms with van der Waals surface area (Å²) in [6.45, 7) is 10.7. The van der Waals surface area contributed by atoms with Crippen molar-refractivity contribution < 1.29 is 4.79 Å². The third kappa shape index (κ3) is 5.23. The predicted molar refractivity (Wildman–Crippen MR) is 101 cm³/mol. The van der Waals surface area contributed by atoms with Gasteiger partial charge in [-0.2, -0.15) is 0 Å². The molecule has 0 spiro atoms. The van der Waals surface area contributed by atoms with Gasteiger partial charge in [-0.15, -0.1) is 0 Å². The number of nitrogens with one attached hydrogen (secondary N) is 1. The highest BCUT2D eigenvalue weighted by Gasteiger charge is 2.15. The molecule has 2 heteroatoms. The summed E-state index contributed by atoms with van der Waals surface area (Å²) in [6, 6.07) is 16.9. The van der Waals surface area contributed by atoms with Crippen molar-refractivity contribution in [1.82, 2.24) is 5.32 Å². The Labute approximate surface area is 146 Å². The summed E-state index contributed by atoms with van der Waals surface area (Å²) in [6.07, 6.45) is 1.30. The fraction of sp³-hybridized carbons (Fsp3) is 0.409. The van der Waals surface area contributed by atoms with Gasteiger partial charge < -0.3 is 5.32 Å². The van der Waals surface area contributed by atoms with E-state index in [1.165, 1.54) is 16.7 Å². The van der Waals surface area contributed by atoms with Gasteiger partial charge in [0.15, 0.2) is 0 Å². The first kappa shape index (κ1) is 18.3. The SMILES string of the molecule is Cc1ccc(CCC(=O)NC(C)c2ccc(C(C)(C)C)cc2)cc1. The molecule has 2 aromatic rings. The number of carbonyl (C=O) groups is 1. The highest BCUT2D eigenvalue weighted by Crippen LogP contribution is 2.24. The first-order valence-corrected chi connectivity index (χ1v) is 8.71. The molecule has 1 amide bonds. The molecule has 0 aromatic heterocycles. The Kier molecular flexibility index (Phi) is 5.82. The van der Waals surface area contributed by atoms with E-state index in [2.05, 4.69) is 81.5 Å². The Hall–Kier alpha value is -2.09. The minimum atomic E-state index is 0.0320. The van der Waals surface area contributed by atoms with E-state index in [-0.39, 0.29) is 17.4 Å². The first-order chi connectivity index (χ1) is 11.3. The van der Waals surface area contributed by atoms with Crippen molar-refractivity contribution in [2.45, 2.75) is 58.9 Å². The van der Waals surface area contributed by atoms with E-state index in [1.807, 2.05) is 6.92 Å². The van der Waals surface area contributed by atoms with E-state index in [9.17, 15) is 4.79 Å². The van der Waals surface area contributed by atoms with Crippen molar-refractivity contribution in [2.75, 3.05) is 0 Å². The lowest BCUT2D eigenvalue weighted by molar-refractivity contribution is -0.121. The number of benzene rings is 2. The van der Waals surface area contributed by atoms with Crippen molar-refractivity contribution >= 4 is 5.91 Å². The molecule has 0 fully saturated rings. The molecule has 0 aliphatic carbocycles. The Bertz CT molecular complexity index is 663. The van der Waals surface area contributed by atoms with Crippen LogP contribution in [0.3, 0.4) is 0 Å². The summed E-state index contributed by atoms with van der Waals surface area (Å²) >= 11 is 0. The zero-order chi connectivity index (χ0) is 17.7. The first-order valence-electron chi connectivity index (χ1n) is 8.71. The van der Waals surface area contributed by atoms with Gasteiger partial charge in [0, 0.05) is 6.42 Å². The van der Waals surface area contributed by atoms with Crippen molar-refractivity contribution in [3.8, 4) is 0 Å². The minimum absolute atomic E-state index is 0.0320. The summed E-state index contributed by atoms with van der Waals surface area (Å²) < 4.78 is 0. The van der Waals surface area contributed by atoms with Gasteiger partial charge in [0.1, 0.15) is 0 Å². The van der Waals surface area contributed by atoms with Crippen LogP contribution in [0, 0.1) is 6.92 Å². The zero-order valence-electron chi connectivity index (χ0n) is 15.5. The number of carbonyl (C=O) groups excluding carboxylic acids is 1. The van der Waals surface area contributed by atoms with Crippen molar-refractivity contribution in [3.05, 3.63) is 70.8 Å². The highest BCUT2D eigenvalue weighted by atomic mass is 16.1. The van der Waals surface area contributed by atoms with Gasteiger partial charge in [0.05, 0.1) is 6.04 Å². The molecule has 2 nitrogen and oxygen atoms in total. The largest absolute Gasteiger partial charge is 0.350 e. The molecule has 0 aliphatic heterocycles. The minimum Gasteiger partial charge on any atom is -0.350 e. The van der Waals surface area contributed by atoms with Crippen LogP contribution in [0.5, 0.6) is 0 Å². The van der Waals surface area contributed by atoms with Gasteiger partial charge in [-0.3, -0.25) is 4.79 Å². The Morgan fingerprint density at radius 1 is 1.00 bits per heavy atom. The average Bonchev–Trinajstić information content (AvgIpc) is 2.53. The van der Waals surface area contributed by atoms with Crippen LogP contribution in [0.1, 0.15) is 62.4 Å². The molecule has 0 radical (unpaired) electrons. The molecule has 2 rings (SSSR count). The lowest BCUT2D eigenvalue weighted by atomic mass is 9.86. The number of hydrogen-bond acceptors (Lipinski definition) is 1. The second-order valence-corrected chi connectivity index (χ2v) is 7.65. The fourth-order valence-corrected chi connectivity index (χ4v) is 2.68. The predicted octanol–water partition coefficient (Wildman–Crippen LogP) is 5.10. The van der Waals surface area contributed by atoms with Crippen LogP contribution < -0.4 is 5.32 Å². The lowest BCUT2D eigenvalue weighted by Crippen LogP contribution is -2.26. The molecule has 1 unspecified atom stereocenters. The monoisotopic (exact) mass is 323 g/mol. The van der Waals surface area contributed by atoms with Gasteiger partial charge in [-0.1, -0.05) is 74.9 Å². The number of amides is 1. The van der Waals surface area contributed by atoms with E-state index in [1.54, 1.807) is 0 Å². The van der Waals surface area contributed by atoms with Crippen LogP contribution in [0.4, 0.5) is 0 Å². The number of aryl methyl sites for hydroxylation is 2. The molecule has 0 aliphatic rings. The maximum atomic E-state index is 12.2. The maximum Gasteiger partial charge on any atom is 0.220 e. The van der Waals surface area contributed by atoms with Crippen LogP contribution >= 0.6 is 0 Å². The quantitative estimate of drug-likeness (QED) is 0.814. The molecule has 24 heavy (non-hydrogen) atoms. The molecule has 2 aromatic carbocycles. The highest BCUT2D eigenvalue weighted by molar-refractivity contribution is 5.76. The average molecular weight is 323 g/mol. The van der Waals surface area contributed by atoms with E-state index >= 15 is 0 Å². The van der Waals surface area contributed by atoms with Crippen LogP contribution in [-0.4, -0.2) is 5.91 Å². The molecular weight excluding hydrogens is 294 g/mol. The molecule has 0 saturated carbocycles. The van der Waals surface area contributed by atoms with Gasteiger partial charge in [-0.25, -0.2) is 0 Å². The third-order valence-corrected chi connectivity index (χ3v) is 4.42. The van der Waals surface area contributed by atoms with E-state index in [0.29, 0.717) is 6.42 Å². The van der Waals surface area contributed by atoms with Gasteiger partial charge in [-0.05, 0) is 42.4 Å². The second kappa shape index (κ2) is 7.65.